The fourth-order valence-corrected chi connectivity index (χ4v) is 2.94. The van der Waals surface area contributed by atoms with Crippen LogP contribution >= 0.6 is 0 Å². The van der Waals surface area contributed by atoms with Crippen LogP contribution in [-0.4, -0.2) is 48.0 Å². The normalized spacial score (nSPS) is 10.7. The number of nitrogens with one attached hydrogen (secondary N) is 1. The summed E-state index contributed by atoms with van der Waals surface area (Å²) in [6, 6.07) is 21.8. The van der Waals surface area contributed by atoms with Crippen molar-refractivity contribution in [2.75, 3.05) is 32.1 Å². The minimum Gasteiger partial charge on any atom is -0.351 e. The predicted octanol–water partition coefficient (Wildman–Crippen LogP) is 3.50. The van der Waals surface area contributed by atoms with Crippen molar-refractivity contribution in [1.82, 2.24) is 20.2 Å². The predicted molar refractivity (Wildman–Crippen MR) is 116 cm³/mol. The molecule has 0 radical (unpaired) electrons. The van der Waals surface area contributed by atoms with Crippen LogP contribution in [0.4, 0.5) is 11.6 Å². The molecule has 0 aliphatic carbocycles. The van der Waals surface area contributed by atoms with E-state index in [1.165, 1.54) is 0 Å². The lowest BCUT2D eigenvalue weighted by Crippen LogP contribution is -2.28. The highest BCUT2D eigenvalue weighted by Gasteiger charge is 2.15. The Morgan fingerprint density at radius 1 is 0.966 bits per heavy atom. The summed E-state index contributed by atoms with van der Waals surface area (Å²) in [4.78, 5) is 25.6. The molecule has 0 fully saturated rings. The summed E-state index contributed by atoms with van der Waals surface area (Å²) < 4.78 is 0. The Morgan fingerprint density at radius 3 is 2.34 bits per heavy atom. The number of carbonyl (C=O) groups excluding carboxylic acids is 1. The quantitative estimate of drug-likeness (QED) is 0.568. The molecular formula is C23H27N5O. The maximum Gasteiger partial charge on any atom is 0.270 e. The van der Waals surface area contributed by atoms with Crippen molar-refractivity contribution in [3.05, 3.63) is 84.2 Å². The highest BCUT2D eigenvalue weighted by molar-refractivity contribution is 5.92. The van der Waals surface area contributed by atoms with Gasteiger partial charge in [-0.25, -0.2) is 9.97 Å². The van der Waals surface area contributed by atoms with E-state index in [9.17, 15) is 4.79 Å². The van der Waals surface area contributed by atoms with Gasteiger partial charge >= 0.3 is 0 Å². The van der Waals surface area contributed by atoms with Gasteiger partial charge in [0.15, 0.2) is 0 Å². The molecule has 0 aliphatic rings. The van der Waals surface area contributed by atoms with Gasteiger partial charge in [0.2, 0.25) is 5.95 Å². The van der Waals surface area contributed by atoms with Gasteiger partial charge in [-0.15, -0.1) is 0 Å². The molecule has 0 atom stereocenters. The van der Waals surface area contributed by atoms with Crippen LogP contribution in [0.1, 0.15) is 22.5 Å². The van der Waals surface area contributed by atoms with Crippen LogP contribution in [0, 0.1) is 0 Å². The van der Waals surface area contributed by atoms with Crippen molar-refractivity contribution in [3.8, 4) is 0 Å². The Bertz CT molecular complexity index is 899. The van der Waals surface area contributed by atoms with E-state index in [-0.39, 0.29) is 5.91 Å². The molecule has 1 heterocycles. The fraction of sp³-hybridized carbons (Fsp3) is 0.261. The molecule has 1 amide bonds. The van der Waals surface area contributed by atoms with E-state index in [0.29, 0.717) is 24.7 Å². The van der Waals surface area contributed by atoms with Crippen LogP contribution in [0.5, 0.6) is 0 Å². The third-order valence-corrected chi connectivity index (χ3v) is 4.44. The molecule has 3 rings (SSSR count). The minimum absolute atomic E-state index is 0.180. The number of benzene rings is 2. The van der Waals surface area contributed by atoms with E-state index in [1.54, 1.807) is 12.3 Å². The van der Waals surface area contributed by atoms with Crippen LogP contribution in [0.25, 0.3) is 0 Å². The molecule has 0 unspecified atom stereocenters. The molecular weight excluding hydrogens is 362 g/mol. The molecule has 0 saturated carbocycles. The van der Waals surface area contributed by atoms with Gasteiger partial charge in [-0.1, -0.05) is 48.5 Å². The average molecular weight is 390 g/mol. The largest absolute Gasteiger partial charge is 0.351 e. The molecule has 0 bridgehead atoms. The summed E-state index contributed by atoms with van der Waals surface area (Å²) in [6.07, 6.45) is 2.53. The number of amides is 1. The van der Waals surface area contributed by atoms with Crippen molar-refractivity contribution in [2.45, 2.75) is 13.0 Å². The number of nitrogens with zero attached hydrogens (tertiary/aromatic N) is 4. The van der Waals surface area contributed by atoms with Gasteiger partial charge in [-0.3, -0.25) is 4.79 Å². The number of para-hydroxylation sites is 1. The Kier molecular flexibility index (Phi) is 7.30. The van der Waals surface area contributed by atoms with E-state index in [4.69, 9.17) is 0 Å². The van der Waals surface area contributed by atoms with Crippen molar-refractivity contribution >= 4 is 17.5 Å². The summed E-state index contributed by atoms with van der Waals surface area (Å²) in [5.74, 6) is 0.320. The summed E-state index contributed by atoms with van der Waals surface area (Å²) >= 11 is 0. The molecule has 29 heavy (non-hydrogen) atoms. The van der Waals surface area contributed by atoms with E-state index < -0.39 is 0 Å². The zero-order chi connectivity index (χ0) is 20.5. The van der Waals surface area contributed by atoms with E-state index in [1.807, 2.05) is 67.5 Å². The van der Waals surface area contributed by atoms with Crippen LogP contribution in [0.2, 0.25) is 0 Å². The number of anilines is 2. The Balaban J connectivity index is 1.79. The fourth-order valence-electron chi connectivity index (χ4n) is 2.94. The van der Waals surface area contributed by atoms with Crippen LogP contribution in [0.15, 0.2) is 72.9 Å². The molecule has 150 valence electrons. The number of hydrogen-bond acceptors (Lipinski definition) is 5. The van der Waals surface area contributed by atoms with Crippen molar-refractivity contribution in [1.29, 1.82) is 0 Å². The average Bonchev–Trinajstić information content (AvgIpc) is 2.76. The van der Waals surface area contributed by atoms with Crippen LogP contribution in [0.3, 0.4) is 0 Å². The van der Waals surface area contributed by atoms with Crippen LogP contribution < -0.4 is 10.2 Å². The second-order valence-electron chi connectivity index (χ2n) is 7.06. The van der Waals surface area contributed by atoms with Crippen molar-refractivity contribution in [2.24, 2.45) is 0 Å². The topological polar surface area (TPSA) is 61.4 Å². The molecule has 3 aromatic rings. The van der Waals surface area contributed by atoms with Gasteiger partial charge in [0.1, 0.15) is 5.69 Å². The Labute approximate surface area is 172 Å². The number of hydrogen-bond donors (Lipinski definition) is 1. The maximum absolute atomic E-state index is 12.5. The van der Waals surface area contributed by atoms with Crippen molar-refractivity contribution in [3.63, 3.8) is 0 Å². The molecule has 6 heteroatoms. The van der Waals surface area contributed by atoms with E-state index in [2.05, 4.69) is 32.3 Å². The highest BCUT2D eigenvalue weighted by Crippen LogP contribution is 2.24. The monoisotopic (exact) mass is 389 g/mol. The molecule has 1 aromatic heterocycles. The van der Waals surface area contributed by atoms with E-state index >= 15 is 0 Å². The zero-order valence-corrected chi connectivity index (χ0v) is 17.0. The summed E-state index contributed by atoms with van der Waals surface area (Å²) in [6.45, 7) is 2.15. The van der Waals surface area contributed by atoms with Gasteiger partial charge in [-0.05, 0) is 50.8 Å². The summed E-state index contributed by atoms with van der Waals surface area (Å²) in [7, 11) is 4.03. The second kappa shape index (κ2) is 10.3. The third kappa shape index (κ3) is 6.12. The minimum atomic E-state index is -0.180. The van der Waals surface area contributed by atoms with E-state index in [0.717, 1.165) is 24.2 Å². The summed E-state index contributed by atoms with van der Waals surface area (Å²) in [5.41, 5.74) is 2.48. The molecule has 0 aliphatic heterocycles. The first-order chi connectivity index (χ1) is 14.1. The first kappa shape index (κ1) is 20.5. The highest BCUT2D eigenvalue weighted by atomic mass is 16.1. The molecule has 6 nitrogen and oxygen atoms in total. The lowest BCUT2D eigenvalue weighted by atomic mass is 10.2. The van der Waals surface area contributed by atoms with Gasteiger partial charge in [0.05, 0.1) is 6.54 Å². The smallest absolute Gasteiger partial charge is 0.270 e. The van der Waals surface area contributed by atoms with Gasteiger partial charge in [0, 0.05) is 18.4 Å². The molecule has 0 spiro atoms. The zero-order valence-electron chi connectivity index (χ0n) is 17.0. The maximum atomic E-state index is 12.5. The SMILES string of the molecule is CN(C)CCCNC(=O)c1ccnc(N(Cc2ccccc2)c2ccccc2)n1. The van der Waals surface area contributed by atoms with Gasteiger partial charge < -0.3 is 15.1 Å². The number of aromatic nitrogens is 2. The third-order valence-electron chi connectivity index (χ3n) is 4.44. The van der Waals surface area contributed by atoms with Gasteiger partial charge in [0.25, 0.3) is 5.91 Å². The second-order valence-corrected chi connectivity index (χ2v) is 7.06. The number of rotatable bonds is 9. The summed E-state index contributed by atoms with van der Waals surface area (Å²) in [5, 5.41) is 2.94. The van der Waals surface area contributed by atoms with Crippen LogP contribution in [-0.2, 0) is 6.54 Å². The Hall–Kier alpha value is -3.25. The van der Waals surface area contributed by atoms with Crippen molar-refractivity contribution < 1.29 is 4.79 Å². The lowest BCUT2D eigenvalue weighted by Gasteiger charge is -2.23. The molecule has 1 N–H and O–H groups in total. The van der Waals surface area contributed by atoms with Gasteiger partial charge in [-0.2, -0.15) is 0 Å². The first-order valence-corrected chi connectivity index (χ1v) is 9.76. The number of carbonyl (C=O) groups is 1. The standard InChI is InChI=1S/C23H27N5O/c1-27(2)17-9-15-24-22(29)21-14-16-25-23(26-21)28(20-12-7-4-8-13-20)18-19-10-5-3-6-11-19/h3-8,10-14,16H,9,15,17-18H2,1-2H3,(H,24,29). The molecule has 0 saturated heterocycles. The molecule has 2 aromatic carbocycles. The lowest BCUT2D eigenvalue weighted by molar-refractivity contribution is 0.0947. The Morgan fingerprint density at radius 2 is 1.66 bits per heavy atom. The first-order valence-electron chi connectivity index (χ1n) is 9.76.